The maximum atomic E-state index is 12.3. The summed E-state index contributed by atoms with van der Waals surface area (Å²) < 4.78 is 34.5. The molecule has 0 aromatic heterocycles. The first-order valence-corrected chi connectivity index (χ1v) is 22.2. The van der Waals surface area contributed by atoms with Gasteiger partial charge >= 0.3 is 13.8 Å². The Morgan fingerprint density at radius 2 is 1.08 bits per heavy atom. The van der Waals surface area contributed by atoms with E-state index in [1.807, 2.05) is 21.1 Å². The topological polar surface area (TPSA) is 91.3 Å². The fourth-order valence-electron chi connectivity index (χ4n) is 5.44. The van der Waals surface area contributed by atoms with Gasteiger partial charge < -0.3 is 18.9 Å². The first-order chi connectivity index (χ1) is 24.6. The van der Waals surface area contributed by atoms with Crippen LogP contribution in [0.1, 0.15) is 168 Å². The molecule has 0 amide bonds. The van der Waals surface area contributed by atoms with Crippen LogP contribution in [-0.4, -0.2) is 75.6 Å². The highest BCUT2D eigenvalue weighted by molar-refractivity contribution is 7.47. The van der Waals surface area contributed by atoms with Gasteiger partial charge in [-0.15, -0.1) is 0 Å². The second kappa shape index (κ2) is 35.7. The monoisotopic (exact) mass is 743 g/mol. The molecule has 0 spiro atoms. The molecule has 2 atom stereocenters. The van der Waals surface area contributed by atoms with E-state index in [1.54, 1.807) is 0 Å². The normalized spacial score (nSPS) is 14.2. The van der Waals surface area contributed by atoms with Crippen molar-refractivity contribution >= 4 is 13.8 Å². The summed E-state index contributed by atoms with van der Waals surface area (Å²) >= 11 is 0. The predicted octanol–water partition coefficient (Wildman–Crippen LogP) is 11.8. The van der Waals surface area contributed by atoms with E-state index < -0.39 is 13.9 Å². The Labute approximate surface area is 315 Å². The van der Waals surface area contributed by atoms with Crippen LogP contribution in [-0.2, 0) is 27.9 Å². The Kier molecular flexibility index (Phi) is 34.8. The number of phosphoric ester groups is 1. The highest BCUT2D eigenvalue weighted by atomic mass is 31.2. The number of likely N-dealkylation sites (N-methyl/N-ethyl adjacent to an activating group) is 1. The zero-order valence-electron chi connectivity index (χ0n) is 33.8. The van der Waals surface area contributed by atoms with Crippen molar-refractivity contribution < 1.29 is 37.3 Å². The number of phosphoric acid groups is 1. The van der Waals surface area contributed by atoms with Crippen molar-refractivity contribution in [2.75, 3.05) is 54.1 Å². The largest absolute Gasteiger partial charge is 0.472 e. The highest BCUT2D eigenvalue weighted by Crippen LogP contribution is 2.43. The van der Waals surface area contributed by atoms with E-state index in [-0.39, 0.29) is 25.8 Å². The summed E-state index contributed by atoms with van der Waals surface area (Å²) in [5.74, 6) is -0.340. The number of nitrogens with zero attached hydrogens (tertiary/aromatic N) is 1. The number of carbonyl (C=O) groups excluding carboxylic acids is 1. The van der Waals surface area contributed by atoms with E-state index in [1.165, 1.54) is 103 Å². The van der Waals surface area contributed by atoms with Gasteiger partial charge in [0, 0.05) is 13.0 Å². The summed E-state index contributed by atoms with van der Waals surface area (Å²) in [6, 6.07) is 0. The molecule has 0 heterocycles. The molecule has 9 heteroatoms. The van der Waals surface area contributed by atoms with E-state index >= 15 is 0 Å². The Hall–Kier alpha value is -1.28. The van der Waals surface area contributed by atoms with Crippen LogP contribution in [0.2, 0.25) is 0 Å². The molecule has 0 saturated carbocycles. The number of quaternary nitrogens is 1. The summed E-state index contributed by atoms with van der Waals surface area (Å²) in [5, 5.41) is 0. The van der Waals surface area contributed by atoms with Crippen molar-refractivity contribution in [3.63, 3.8) is 0 Å². The van der Waals surface area contributed by atoms with Gasteiger partial charge in [-0.2, -0.15) is 0 Å². The van der Waals surface area contributed by atoms with Crippen molar-refractivity contribution in [2.24, 2.45) is 0 Å². The molecule has 0 bridgehead atoms. The summed E-state index contributed by atoms with van der Waals surface area (Å²) in [4.78, 5) is 22.4. The standard InChI is InChI=1S/C42H80NO7P/c1-6-8-10-11-12-13-14-15-16-17-18-19-20-21-22-23-24-25-26-27-28-29-30-31-32-34-37-47-39-41(50-42(44)35-33-9-7-2)40-49-51(45,46)48-38-36-43(3,4)5/h14-15,17-18,20-21,41H,6-13,16,19,22-40H2,1-5H3/p+1/b15-14-,18-17-,21-20-. The van der Waals surface area contributed by atoms with Gasteiger partial charge in [0.1, 0.15) is 19.3 Å². The van der Waals surface area contributed by atoms with Gasteiger partial charge in [0.15, 0.2) is 0 Å². The lowest BCUT2D eigenvalue weighted by atomic mass is 10.1. The summed E-state index contributed by atoms with van der Waals surface area (Å²) in [6.07, 6.45) is 41.2. The molecule has 0 saturated heterocycles. The fourth-order valence-corrected chi connectivity index (χ4v) is 6.18. The predicted molar refractivity (Wildman–Crippen MR) is 215 cm³/mol. The first-order valence-electron chi connectivity index (χ1n) is 20.7. The van der Waals surface area contributed by atoms with Gasteiger partial charge in [-0.25, -0.2) is 4.57 Å². The second-order valence-corrected chi connectivity index (χ2v) is 16.5. The Bertz CT molecular complexity index is 915. The third-order valence-electron chi connectivity index (χ3n) is 8.70. The van der Waals surface area contributed by atoms with Gasteiger partial charge in [-0.05, 0) is 51.4 Å². The summed E-state index contributed by atoms with van der Waals surface area (Å²) in [7, 11) is 1.66. The summed E-state index contributed by atoms with van der Waals surface area (Å²) in [5.41, 5.74) is 0. The van der Waals surface area contributed by atoms with E-state index in [4.69, 9.17) is 18.5 Å². The molecular formula is C42H81NO7P+. The second-order valence-electron chi connectivity index (χ2n) is 15.0. The number of unbranched alkanes of at least 4 members (excludes halogenated alkanes) is 18. The molecule has 51 heavy (non-hydrogen) atoms. The molecule has 300 valence electrons. The van der Waals surface area contributed by atoms with E-state index in [0.29, 0.717) is 24.1 Å². The maximum Gasteiger partial charge on any atom is 0.472 e. The third-order valence-corrected chi connectivity index (χ3v) is 9.69. The number of carbonyl (C=O) groups is 1. The van der Waals surface area contributed by atoms with Gasteiger partial charge in [-0.3, -0.25) is 13.8 Å². The van der Waals surface area contributed by atoms with Crippen LogP contribution in [0.4, 0.5) is 0 Å². The molecule has 0 rings (SSSR count). The highest BCUT2D eigenvalue weighted by Gasteiger charge is 2.26. The van der Waals surface area contributed by atoms with Crippen molar-refractivity contribution in [1.29, 1.82) is 0 Å². The minimum atomic E-state index is -4.25. The lowest BCUT2D eigenvalue weighted by Gasteiger charge is -2.24. The van der Waals surface area contributed by atoms with Crippen LogP contribution >= 0.6 is 7.82 Å². The molecular weight excluding hydrogens is 661 g/mol. The molecule has 0 aliphatic rings. The molecule has 1 N–H and O–H groups in total. The number of ether oxygens (including phenoxy) is 2. The summed E-state index contributed by atoms with van der Waals surface area (Å²) in [6.45, 7) is 5.43. The van der Waals surface area contributed by atoms with Crippen molar-refractivity contribution in [1.82, 2.24) is 0 Å². The van der Waals surface area contributed by atoms with Crippen LogP contribution in [0.3, 0.4) is 0 Å². The molecule has 0 aliphatic carbocycles. The average molecular weight is 743 g/mol. The van der Waals surface area contributed by atoms with E-state index in [9.17, 15) is 14.3 Å². The van der Waals surface area contributed by atoms with Crippen LogP contribution in [0, 0.1) is 0 Å². The number of hydrogen-bond acceptors (Lipinski definition) is 6. The zero-order chi connectivity index (χ0) is 37.7. The Balaban J connectivity index is 3.84. The molecule has 0 aromatic carbocycles. The van der Waals surface area contributed by atoms with Crippen LogP contribution < -0.4 is 0 Å². The van der Waals surface area contributed by atoms with Gasteiger partial charge in [0.05, 0.1) is 34.4 Å². The van der Waals surface area contributed by atoms with Gasteiger partial charge in [0.2, 0.25) is 0 Å². The van der Waals surface area contributed by atoms with Crippen LogP contribution in [0.5, 0.6) is 0 Å². The quantitative estimate of drug-likeness (QED) is 0.0221. The Morgan fingerprint density at radius 1 is 0.608 bits per heavy atom. The number of esters is 1. The molecule has 0 radical (unpaired) electrons. The smallest absolute Gasteiger partial charge is 0.457 e. The average Bonchev–Trinajstić information content (AvgIpc) is 3.07. The van der Waals surface area contributed by atoms with E-state index in [2.05, 4.69) is 50.3 Å². The maximum absolute atomic E-state index is 12.3. The molecule has 0 aromatic rings. The van der Waals surface area contributed by atoms with Gasteiger partial charge in [-0.1, -0.05) is 147 Å². The number of hydrogen-bond donors (Lipinski definition) is 1. The van der Waals surface area contributed by atoms with Crippen LogP contribution in [0.15, 0.2) is 36.5 Å². The van der Waals surface area contributed by atoms with Crippen molar-refractivity contribution in [2.45, 2.75) is 174 Å². The molecule has 8 nitrogen and oxygen atoms in total. The molecule has 0 fully saturated rings. The number of allylic oxidation sites excluding steroid dienone is 6. The lowest BCUT2D eigenvalue weighted by Crippen LogP contribution is -2.37. The SMILES string of the molecule is CCCCCCC/C=C\C/C=C\C/C=C\CCCCCCCCCCCCCOCC(COP(=O)(O)OCC[N+](C)(C)C)OC(=O)CCCCC. The Morgan fingerprint density at radius 3 is 1.61 bits per heavy atom. The lowest BCUT2D eigenvalue weighted by molar-refractivity contribution is -0.870. The minimum Gasteiger partial charge on any atom is -0.457 e. The van der Waals surface area contributed by atoms with Crippen molar-refractivity contribution in [3.05, 3.63) is 36.5 Å². The van der Waals surface area contributed by atoms with Gasteiger partial charge in [0.25, 0.3) is 0 Å². The fraction of sp³-hybridized carbons (Fsp3) is 0.833. The van der Waals surface area contributed by atoms with Crippen molar-refractivity contribution in [3.8, 4) is 0 Å². The third kappa shape index (κ3) is 39.8. The first kappa shape index (κ1) is 49.7. The minimum absolute atomic E-state index is 0.0874. The zero-order valence-corrected chi connectivity index (χ0v) is 34.7. The van der Waals surface area contributed by atoms with E-state index in [0.717, 1.165) is 44.9 Å². The van der Waals surface area contributed by atoms with Crippen LogP contribution in [0.25, 0.3) is 0 Å². The molecule has 0 aliphatic heterocycles. The number of rotatable bonds is 38. The molecule has 2 unspecified atom stereocenters.